The summed E-state index contributed by atoms with van der Waals surface area (Å²) in [6, 6.07) is 11.0. The van der Waals surface area contributed by atoms with Crippen LogP contribution in [0.25, 0.3) is 0 Å². The Morgan fingerprint density at radius 3 is 2.24 bits per heavy atom. The third kappa shape index (κ3) is 5.33. The van der Waals surface area contributed by atoms with Crippen LogP contribution in [0.5, 0.6) is 0 Å². The first-order chi connectivity index (χ1) is 8.11. The van der Waals surface area contributed by atoms with Crippen LogP contribution in [0.2, 0.25) is 0 Å². The van der Waals surface area contributed by atoms with Crippen molar-refractivity contribution in [1.82, 2.24) is 5.32 Å². The predicted molar refractivity (Wildman–Crippen MR) is 73.1 cm³/mol. The van der Waals surface area contributed by atoms with E-state index in [1.54, 1.807) is 0 Å². The third-order valence-corrected chi connectivity index (χ3v) is 2.74. The highest BCUT2D eigenvalue weighted by Gasteiger charge is 2.14. The predicted octanol–water partition coefficient (Wildman–Crippen LogP) is 3.40. The Morgan fingerprint density at radius 1 is 1.06 bits per heavy atom. The molecule has 0 saturated carbocycles. The van der Waals surface area contributed by atoms with Crippen LogP contribution in [0, 0.1) is 5.92 Å². The van der Waals surface area contributed by atoms with Gasteiger partial charge in [0.25, 0.3) is 0 Å². The van der Waals surface area contributed by atoms with Gasteiger partial charge >= 0.3 is 0 Å². The second kappa shape index (κ2) is 7.46. The minimum atomic E-state index is 0.311. The molecular weight excluding hydrogens is 210 g/mol. The number of benzene rings is 1. The fraction of sp³-hybridized carbons (Fsp3) is 0.600. The number of rotatable bonds is 7. The number of ether oxygens (including phenoxy) is 1. The van der Waals surface area contributed by atoms with E-state index < -0.39 is 0 Å². The lowest BCUT2D eigenvalue weighted by Crippen LogP contribution is -2.29. The average Bonchev–Trinajstić information content (AvgIpc) is 2.29. The molecule has 0 bridgehead atoms. The monoisotopic (exact) mass is 235 g/mol. The Labute approximate surface area is 105 Å². The van der Waals surface area contributed by atoms with Crippen LogP contribution in [0.1, 0.15) is 39.3 Å². The lowest BCUT2D eigenvalue weighted by atomic mass is 9.96. The summed E-state index contributed by atoms with van der Waals surface area (Å²) in [5.41, 5.74) is 1.35. The molecule has 0 aromatic heterocycles. The van der Waals surface area contributed by atoms with E-state index in [2.05, 4.69) is 63.3 Å². The molecule has 0 heterocycles. The normalized spacial score (nSPS) is 13.3. The molecule has 0 fully saturated rings. The Hall–Kier alpha value is -0.860. The molecule has 2 heteroatoms. The first-order valence-corrected chi connectivity index (χ1v) is 6.51. The van der Waals surface area contributed by atoms with Crippen LogP contribution in [0.3, 0.4) is 0 Å². The van der Waals surface area contributed by atoms with Crippen LogP contribution in [-0.4, -0.2) is 19.3 Å². The number of hydrogen-bond donors (Lipinski definition) is 1. The first-order valence-electron chi connectivity index (χ1n) is 6.51. The van der Waals surface area contributed by atoms with E-state index >= 15 is 0 Å². The molecule has 2 nitrogen and oxygen atoms in total. The zero-order valence-electron chi connectivity index (χ0n) is 11.4. The summed E-state index contributed by atoms with van der Waals surface area (Å²) >= 11 is 0. The van der Waals surface area contributed by atoms with Gasteiger partial charge in [-0.25, -0.2) is 0 Å². The molecule has 1 unspecified atom stereocenters. The summed E-state index contributed by atoms with van der Waals surface area (Å²) < 4.78 is 5.55. The average molecular weight is 235 g/mol. The Balaban J connectivity index is 2.45. The van der Waals surface area contributed by atoms with Crippen LogP contribution >= 0.6 is 0 Å². The highest BCUT2D eigenvalue weighted by atomic mass is 16.5. The molecule has 0 aliphatic carbocycles. The van der Waals surface area contributed by atoms with Gasteiger partial charge in [0.05, 0.1) is 12.7 Å². The summed E-state index contributed by atoms with van der Waals surface area (Å²) in [6.07, 6.45) is 0.311. The molecule has 0 spiro atoms. The largest absolute Gasteiger partial charge is 0.377 e. The van der Waals surface area contributed by atoms with E-state index in [1.165, 1.54) is 5.56 Å². The van der Waals surface area contributed by atoms with Crippen molar-refractivity contribution < 1.29 is 4.74 Å². The molecule has 0 amide bonds. The van der Waals surface area contributed by atoms with E-state index in [4.69, 9.17) is 4.74 Å². The maximum absolute atomic E-state index is 5.55. The molecule has 1 atom stereocenters. The molecule has 0 aliphatic rings. The second-order valence-electron chi connectivity index (χ2n) is 5.01. The van der Waals surface area contributed by atoms with E-state index in [9.17, 15) is 0 Å². The van der Waals surface area contributed by atoms with Crippen molar-refractivity contribution in [2.75, 3.05) is 13.2 Å². The molecule has 1 N–H and O–H groups in total. The van der Waals surface area contributed by atoms with Gasteiger partial charge in [-0.05, 0) is 25.3 Å². The SMILES string of the molecule is CC(C)OCCNC(c1ccccc1)C(C)C. The van der Waals surface area contributed by atoms with Gasteiger partial charge in [0.15, 0.2) is 0 Å². The van der Waals surface area contributed by atoms with Crippen LogP contribution < -0.4 is 5.32 Å². The third-order valence-electron chi connectivity index (χ3n) is 2.74. The highest BCUT2D eigenvalue weighted by Crippen LogP contribution is 2.20. The molecule has 0 radical (unpaired) electrons. The Bertz CT molecular complexity index is 295. The summed E-state index contributed by atoms with van der Waals surface area (Å²) in [5.74, 6) is 0.580. The van der Waals surface area contributed by atoms with Crippen molar-refractivity contribution in [3.8, 4) is 0 Å². The van der Waals surface area contributed by atoms with Gasteiger partial charge in [0.1, 0.15) is 0 Å². The van der Waals surface area contributed by atoms with E-state index in [-0.39, 0.29) is 0 Å². The van der Waals surface area contributed by atoms with Gasteiger partial charge in [-0.2, -0.15) is 0 Å². The van der Waals surface area contributed by atoms with Crippen LogP contribution in [0.15, 0.2) is 30.3 Å². The van der Waals surface area contributed by atoms with Crippen molar-refractivity contribution >= 4 is 0 Å². The smallest absolute Gasteiger partial charge is 0.0594 e. The molecule has 0 saturated heterocycles. The van der Waals surface area contributed by atoms with Crippen molar-refractivity contribution in [3.63, 3.8) is 0 Å². The van der Waals surface area contributed by atoms with Crippen molar-refractivity contribution in [2.24, 2.45) is 5.92 Å². The summed E-state index contributed by atoms with van der Waals surface area (Å²) in [7, 11) is 0. The Morgan fingerprint density at radius 2 is 1.71 bits per heavy atom. The number of hydrogen-bond acceptors (Lipinski definition) is 2. The molecule has 1 rings (SSSR count). The van der Waals surface area contributed by atoms with Gasteiger partial charge in [-0.15, -0.1) is 0 Å². The van der Waals surface area contributed by atoms with Gasteiger partial charge in [0, 0.05) is 12.6 Å². The quantitative estimate of drug-likeness (QED) is 0.731. The highest BCUT2D eigenvalue weighted by molar-refractivity contribution is 5.19. The summed E-state index contributed by atoms with van der Waals surface area (Å²) in [5, 5.41) is 3.57. The first kappa shape index (κ1) is 14.2. The molecule has 17 heavy (non-hydrogen) atoms. The lowest BCUT2D eigenvalue weighted by molar-refractivity contribution is 0.0784. The van der Waals surface area contributed by atoms with E-state index in [0.29, 0.717) is 18.1 Å². The van der Waals surface area contributed by atoms with Crippen LogP contribution in [-0.2, 0) is 4.74 Å². The maximum atomic E-state index is 5.55. The minimum absolute atomic E-state index is 0.311. The fourth-order valence-electron chi connectivity index (χ4n) is 1.91. The zero-order valence-corrected chi connectivity index (χ0v) is 11.4. The lowest BCUT2D eigenvalue weighted by Gasteiger charge is -2.23. The zero-order chi connectivity index (χ0) is 12.7. The molecule has 1 aromatic carbocycles. The molecule has 96 valence electrons. The van der Waals surface area contributed by atoms with E-state index in [1.807, 2.05) is 0 Å². The van der Waals surface area contributed by atoms with Crippen molar-refractivity contribution in [1.29, 1.82) is 0 Å². The van der Waals surface area contributed by atoms with Gasteiger partial charge in [-0.3, -0.25) is 0 Å². The maximum Gasteiger partial charge on any atom is 0.0594 e. The minimum Gasteiger partial charge on any atom is -0.377 e. The van der Waals surface area contributed by atoms with Crippen molar-refractivity contribution in [3.05, 3.63) is 35.9 Å². The van der Waals surface area contributed by atoms with Gasteiger partial charge in [-0.1, -0.05) is 44.2 Å². The standard InChI is InChI=1S/C15H25NO/c1-12(2)15(14-8-6-5-7-9-14)16-10-11-17-13(3)4/h5-9,12-13,15-16H,10-11H2,1-4H3. The van der Waals surface area contributed by atoms with E-state index in [0.717, 1.165) is 13.2 Å². The number of nitrogens with one attached hydrogen (secondary N) is 1. The Kier molecular flexibility index (Phi) is 6.23. The molecule has 0 aliphatic heterocycles. The summed E-state index contributed by atoms with van der Waals surface area (Å²) in [4.78, 5) is 0. The molecular formula is C15H25NO. The second-order valence-corrected chi connectivity index (χ2v) is 5.01. The topological polar surface area (TPSA) is 21.3 Å². The van der Waals surface area contributed by atoms with Gasteiger partial charge < -0.3 is 10.1 Å². The van der Waals surface area contributed by atoms with Crippen molar-refractivity contribution in [2.45, 2.75) is 39.8 Å². The van der Waals surface area contributed by atoms with Gasteiger partial charge in [0.2, 0.25) is 0 Å². The van der Waals surface area contributed by atoms with Crippen LogP contribution in [0.4, 0.5) is 0 Å². The summed E-state index contributed by atoms with van der Waals surface area (Å²) in [6.45, 7) is 10.3. The fourth-order valence-corrected chi connectivity index (χ4v) is 1.91. The molecule has 1 aromatic rings.